The van der Waals surface area contributed by atoms with Gasteiger partial charge < -0.3 is 10.6 Å². The number of benzene rings is 2. The van der Waals surface area contributed by atoms with E-state index in [0.717, 1.165) is 16.8 Å². The highest BCUT2D eigenvalue weighted by Gasteiger charge is 2.10. The van der Waals surface area contributed by atoms with Gasteiger partial charge in [-0.2, -0.15) is 0 Å². The molecule has 0 aliphatic heterocycles. The van der Waals surface area contributed by atoms with Gasteiger partial charge in [0.1, 0.15) is 0 Å². The molecule has 0 radical (unpaired) electrons. The third-order valence-corrected chi connectivity index (χ3v) is 3.89. The van der Waals surface area contributed by atoms with Crippen LogP contribution in [0.5, 0.6) is 0 Å². The first-order valence-electron chi connectivity index (χ1n) is 6.44. The molecule has 4 heteroatoms. The second-order valence-corrected chi connectivity index (χ2v) is 5.88. The molecule has 0 fully saturated rings. The van der Waals surface area contributed by atoms with Gasteiger partial charge in [0.2, 0.25) is 0 Å². The van der Waals surface area contributed by atoms with Crippen LogP contribution in [0.3, 0.4) is 0 Å². The Morgan fingerprint density at radius 2 is 1.70 bits per heavy atom. The van der Waals surface area contributed by atoms with Gasteiger partial charge in [-0.3, -0.25) is 0 Å². The van der Waals surface area contributed by atoms with Crippen LogP contribution < -0.4 is 10.6 Å². The van der Waals surface area contributed by atoms with E-state index < -0.39 is 0 Å². The Kier molecular flexibility index (Phi) is 4.92. The number of anilines is 1. The van der Waals surface area contributed by atoms with Crippen molar-refractivity contribution in [1.82, 2.24) is 0 Å². The van der Waals surface area contributed by atoms with Gasteiger partial charge in [0.15, 0.2) is 0 Å². The molecular weight excluding hydrogens is 291 g/mol. The van der Waals surface area contributed by atoms with Crippen molar-refractivity contribution in [2.24, 2.45) is 5.73 Å². The lowest BCUT2D eigenvalue weighted by Gasteiger charge is -2.16. The third kappa shape index (κ3) is 3.66. The highest BCUT2D eigenvalue weighted by atomic mass is 35.5. The number of nitrogens with zero attached hydrogens (tertiary/aromatic N) is 1. The molecule has 2 nitrogen and oxygen atoms in total. The fourth-order valence-electron chi connectivity index (χ4n) is 2.07. The molecule has 0 spiro atoms. The van der Waals surface area contributed by atoms with Crippen molar-refractivity contribution in [2.45, 2.75) is 12.5 Å². The van der Waals surface area contributed by atoms with E-state index in [1.165, 1.54) is 0 Å². The molecule has 106 valence electrons. The van der Waals surface area contributed by atoms with Crippen molar-refractivity contribution in [2.75, 3.05) is 19.0 Å². The van der Waals surface area contributed by atoms with E-state index in [1.54, 1.807) is 12.1 Å². The largest absolute Gasteiger partial charge is 0.378 e. The molecule has 2 rings (SSSR count). The molecule has 2 N–H and O–H groups in total. The lowest BCUT2D eigenvalue weighted by molar-refractivity contribution is 0.722. The highest BCUT2D eigenvalue weighted by molar-refractivity contribution is 6.33. The van der Waals surface area contributed by atoms with E-state index in [9.17, 15) is 0 Å². The molecule has 0 heterocycles. The summed E-state index contributed by atoms with van der Waals surface area (Å²) in [5, 5.41) is 1.38. The Morgan fingerprint density at radius 3 is 2.30 bits per heavy atom. The van der Waals surface area contributed by atoms with Crippen LogP contribution in [0.1, 0.15) is 17.2 Å². The SMILES string of the molecule is CN(C)c1ccc(C(N)Cc2cc(Cl)ccc2Cl)cc1. The van der Waals surface area contributed by atoms with Crippen molar-refractivity contribution in [1.29, 1.82) is 0 Å². The smallest absolute Gasteiger partial charge is 0.0439 e. The Bertz CT molecular complexity index is 580. The molecule has 1 atom stereocenters. The average Bonchev–Trinajstić information content (AvgIpc) is 2.43. The first kappa shape index (κ1) is 15.2. The maximum atomic E-state index is 6.26. The summed E-state index contributed by atoms with van der Waals surface area (Å²) in [4.78, 5) is 2.06. The van der Waals surface area contributed by atoms with Crippen molar-refractivity contribution < 1.29 is 0 Å². The minimum Gasteiger partial charge on any atom is -0.378 e. The number of nitrogens with two attached hydrogens (primary N) is 1. The van der Waals surface area contributed by atoms with Gasteiger partial charge in [0.25, 0.3) is 0 Å². The summed E-state index contributed by atoms with van der Waals surface area (Å²) >= 11 is 12.2. The van der Waals surface area contributed by atoms with Crippen molar-refractivity contribution >= 4 is 28.9 Å². The summed E-state index contributed by atoms with van der Waals surface area (Å²) in [7, 11) is 4.03. The standard InChI is InChI=1S/C16H18Cl2N2/c1-20(2)14-6-3-11(4-7-14)16(19)10-12-9-13(17)5-8-15(12)18/h3-9,16H,10,19H2,1-2H3. The number of hydrogen-bond donors (Lipinski definition) is 1. The zero-order valence-electron chi connectivity index (χ0n) is 11.6. The minimum atomic E-state index is -0.0952. The van der Waals surface area contributed by atoms with Gasteiger partial charge in [-0.25, -0.2) is 0 Å². The number of halogens is 2. The van der Waals surface area contributed by atoms with Crippen molar-refractivity contribution in [3.63, 3.8) is 0 Å². The molecule has 2 aromatic carbocycles. The van der Waals surface area contributed by atoms with Crippen LogP contribution in [0.15, 0.2) is 42.5 Å². The molecule has 0 bridgehead atoms. The van der Waals surface area contributed by atoms with Crippen LogP contribution in [-0.2, 0) is 6.42 Å². The number of rotatable bonds is 4. The van der Waals surface area contributed by atoms with Crippen molar-refractivity contribution in [3.05, 3.63) is 63.6 Å². The molecule has 2 aromatic rings. The normalized spacial score (nSPS) is 12.2. The summed E-state index contributed by atoms with van der Waals surface area (Å²) in [6.45, 7) is 0. The van der Waals surface area contributed by atoms with Gasteiger partial charge in [-0.15, -0.1) is 0 Å². The first-order valence-corrected chi connectivity index (χ1v) is 7.20. The quantitative estimate of drug-likeness (QED) is 0.912. The third-order valence-electron chi connectivity index (χ3n) is 3.29. The van der Waals surface area contributed by atoms with E-state index in [0.29, 0.717) is 16.5 Å². The van der Waals surface area contributed by atoms with Crippen LogP contribution in [0.2, 0.25) is 10.0 Å². The van der Waals surface area contributed by atoms with Gasteiger partial charge >= 0.3 is 0 Å². The molecule has 0 saturated carbocycles. The Morgan fingerprint density at radius 1 is 1.05 bits per heavy atom. The molecule has 0 amide bonds. The summed E-state index contributed by atoms with van der Waals surface area (Å²) in [6, 6.07) is 13.6. The predicted molar refractivity (Wildman–Crippen MR) is 87.9 cm³/mol. The van der Waals surface area contributed by atoms with Crippen molar-refractivity contribution in [3.8, 4) is 0 Å². The van der Waals surface area contributed by atoms with E-state index in [4.69, 9.17) is 28.9 Å². The second-order valence-electron chi connectivity index (χ2n) is 5.03. The van der Waals surface area contributed by atoms with Crippen LogP contribution in [0, 0.1) is 0 Å². The summed E-state index contributed by atoms with van der Waals surface area (Å²) in [5.41, 5.74) is 9.48. The first-order chi connectivity index (χ1) is 9.47. The average molecular weight is 309 g/mol. The van der Waals surface area contributed by atoms with E-state index >= 15 is 0 Å². The Balaban J connectivity index is 2.15. The molecule has 0 aromatic heterocycles. The van der Waals surface area contributed by atoms with Gasteiger partial charge in [-0.1, -0.05) is 35.3 Å². The summed E-state index contributed by atoms with van der Waals surface area (Å²) in [6.07, 6.45) is 0.667. The van der Waals surface area contributed by atoms with Gasteiger partial charge in [0, 0.05) is 35.9 Å². The van der Waals surface area contributed by atoms with Crippen LogP contribution in [-0.4, -0.2) is 14.1 Å². The van der Waals surface area contributed by atoms with Crippen LogP contribution >= 0.6 is 23.2 Å². The summed E-state index contributed by atoms with van der Waals surface area (Å²) < 4.78 is 0. The molecule has 0 aliphatic rings. The topological polar surface area (TPSA) is 29.3 Å². The fraction of sp³-hybridized carbons (Fsp3) is 0.250. The minimum absolute atomic E-state index is 0.0952. The zero-order valence-corrected chi connectivity index (χ0v) is 13.1. The van der Waals surface area contributed by atoms with E-state index in [2.05, 4.69) is 29.2 Å². The molecule has 0 aliphatic carbocycles. The molecule has 0 saturated heterocycles. The maximum Gasteiger partial charge on any atom is 0.0439 e. The maximum absolute atomic E-state index is 6.26. The van der Waals surface area contributed by atoms with Gasteiger partial charge in [0.05, 0.1) is 0 Å². The lowest BCUT2D eigenvalue weighted by atomic mass is 9.99. The Labute approximate surface area is 130 Å². The second kappa shape index (κ2) is 6.49. The molecule has 20 heavy (non-hydrogen) atoms. The predicted octanol–water partition coefficient (Wildman–Crippen LogP) is 4.30. The monoisotopic (exact) mass is 308 g/mol. The van der Waals surface area contributed by atoms with Crippen LogP contribution in [0.4, 0.5) is 5.69 Å². The zero-order chi connectivity index (χ0) is 14.7. The molecule has 1 unspecified atom stereocenters. The lowest BCUT2D eigenvalue weighted by Crippen LogP contribution is -2.14. The molecular formula is C16H18Cl2N2. The van der Waals surface area contributed by atoms with Crippen LogP contribution in [0.25, 0.3) is 0 Å². The highest BCUT2D eigenvalue weighted by Crippen LogP contribution is 2.26. The summed E-state index contributed by atoms with van der Waals surface area (Å²) in [5.74, 6) is 0. The van der Waals surface area contributed by atoms with E-state index in [1.807, 2.05) is 20.2 Å². The van der Waals surface area contributed by atoms with Gasteiger partial charge in [-0.05, 0) is 47.9 Å². The Hall–Kier alpha value is -1.22. The van der Waals surface area contributed by atoms with E-state index in [-0.39, 0.29) is 6.04 Å². The fourth-order valence-corrected chi connectivity index (χ4v) is 2.46. The number of hydrogen-bond acceptors (Lipinski definition) is 2.